The molecule has 0 bridgehead atoms. The highest BCUT2D eigenvalue weighted by Crippen LogP contribution is 2.43. The van der Waals surface area contributed by atoms with Crippen LogP contribution in [-0.2, 0) is 0 Å². The van der Waals surface area contributed by atoms with Crippen LogP contribution in [0.25, 0.3) is 10.1 Å². The van der Waals surface area contributed by atoms with Gasteiger partial charge in [-0.15, -0.1) is 11.3 Å². The molecule has 0 radical (unpaired) electrons. The van der Waals surface area contributed by atoms with E-state index < -0.39 is 0 Å². The molecule has 26 heavy (non-hydrogen) atoms. The van der Waals surface area contributed by atoms with Crippen LogP contribution < -0.4 is 4.90 Å². The standard InChI is InChI=1S/C22H31N3S/c1-17-13-18-3-4-20(14-21(18)26-17)24-11-7-22(8-12-24)15-25(16-22)19-5-9-23(2)10-6-19/h3-4,13-14,19H,5-12,15-16H2,1-2H3. The van der Waals surface area contributed by atoms with E-state index >= 15 is 0 Å². The Bertz CT molecular complexity index is 774. The molecule has 3 aliphatic heterocycles. The van der Waals surface area contributed by atoms with Gasteiger partial charge in [-0.2, -0.15) is 0 Å². The molecule has 3 fully saturated rings. The van der Waals surface area contributed by atoms with Crippen molar-refractivity contribution in [1.82, 2.24) is 9.80 Å². The molecule has 3 saturated heterocycles. The van der Waals surface area contributed by atoms with Gasteiger partial charge in [-0.1, -0.05) is 6.07 Å². The number of hydrogen-bond acceptors (Lipinski definition) is 4. The molecular weight excluding hydrogens is 338 g/mol. The first-order chi connectivity index (χ1) is 12.6. The second-order valence-corrected chi connectivity index (χ2v) is 10.3. The van der Waals surface area contributed by atoms with Crippen molar-refractivity contribution in [2.75, 3.05) is 51.2 Å². The van der Waals surface area contributed by atoms with Gasteiger partial charge < -0.3 is 9.80 Å². The largest absolute Gasteiger partial charge is 0.371 e. The number of likely N-dealkylation sites (tertiary alicyclic amines) is 2. The number of hydrogen-bond donors (Lipinski definition) is 0. The zero-order chi connectivity index (χ0) is 17.7. The summed E-state index contributed by atoms with van der Waals surface area (Å²) in [7, 11) is 2.26. The summed E-state index contributed by atoms with van der Waals surface area (Å²) in [6.45, 7) is 9.96. The summed E-state index contributed by atoms with van der Waals surface area (Å²) >= 11 is 1.93. The number of anilines is 1. The summed E-state index contributed by atoms with van der Waals surface area (Å²) in [6.07, 6.45) is 5.49. The Kier molecular flexibility index (Phi) is 4.26. The molecule has 0 unspecified atom stereocenters. The van der Waals surface area contributed by atoms with Crippen molar-refractivity contribution in [2.45, 2.75) is 38.6 Å². The predicted octanol–water partition coefficient (Wildman–Crippen LogP) is 4.21. The van der Waals surface area contributed by atoms with Crippen LogP contribution in [0.1, 0.15) is 30.6 Å². The van der Waals surface area contributed by atoms with Gasteiger partial charge in [0.15, 0.2) is 0 Å². The SMILES string of the molecule is Cc1cc2ccc(N3CCC4(CC3)CN(C3CCN(C)CC3)C4)cc2s1. The summed E-state index contributed by atoms with van der Waals surface area (Å²) in [5, 5.41) is 1.40. The number of rotatable bonds is 2. The zero-order valence-electron chi connectivity index (χ0n) is 16.2. The Morgan fingerprint density at radius 2 is 1.73 bits per heavy atom. The fraction of sp³-hybridized carbons (Fsp3) is 0.636. The third kappa shape index (κ3) is 3.06. The van der Waals surface area contributed by atoms with Crippen molar-refractivity contribution in [3.63, 3.8) is 0 Å². The van der Waals surface area contributed by atoms with Gasteiger partial charge in [-0.3, -0.25) is 4.90 Å². The fourth-order valence-corrected chi connectivity index (χ4v) is 6.30. The van der Waals surface area contributed by atoms with E-state index in [1.165, 1.54) is 85.6 Å². The van der Waals surface area contributed by atoms with Crippen LogP contribution in [0.2, 0.25) is 0 Å². The lowest BCUT2D eigenvalue weighted by Crippen LogP contribution is -2.64. The molecule has 0 saturated carbocycles. The minimum absolute atomic E-state index is 0.628. The van der Waals surface area contributed by atoms with Gasteiger partial charge in [0.2, 0.25) is 0 Å². The minimum atomic E-state index is 0.628. The summed E-state index contributed by atoms with van der Waals surface area (Å²) in [5.74, 6) is 0. The van der Waals surface area contributed by atoms with E-state index in [9.17, 15) is 0 Å². The molecule has 3 aliphatic rings. The first-order valence-electron chi connectivity index (χ1n) is 10.3. The van der Waals surface area contributed by atoms with Gasteiger partial charge in [0, 0.05) is 47.5 Å². The van der Waals surface area contributed by atoms with Gasteiger partial charge in [-0.25, -0.2) is 0 Å². The molecule has 1 spiro atoms. The molecule has 0 amide bonds. The molecule has 2 aromatic rings. The Labute approximate surface area is 161 Å². The van der Waals surface area contributed by atoms with E-state index in [-0.39, 0.29) is 0 Å². The van der Waals surface area contributed by atoms with Crippen molar-refractivity contribution in [3.8, 4) is 0 Å². The average Bonchev–Trinajstić information content (AvgIpc) is 3.00. The van der Waals surface area contributed by atoms with Gasteiger partial charge in [-0.05, 0) is 81.7 Å². The lowest BCUT2D eigenvalue weighted by molar-refractivity contribution is -0.0598. The van der Waals surface area contributed by atoms with Crippen LogP contribution in [0.3, 0.4) is 0 Å². The highest BCUT2D eigenvalue weighted by Gasteiger charge is 2.47. The molecule has 5 rings (SSSR count). The van der Waals surface area contributed by atoms with Crippen LogP contribution in [0.4, 0.5) is 5.69 Å². The van der Waals surface area contributed by atoms with E-state index in [1.807, 2.05) is 11.3 Å². The third-order valence-corrected chi connectivity index (χ3v) is 8.11. The normalized spacial score (nSPS) is 25.1. The quantitative estimate of drug-likeness (QED) is 0.785. The molecule has 0 N–H and O–H groups in total. The average molecular weight is 370 g/mol. The Hall–Kier alpha value is -1.10. The number of fused-ring (bicyclic) bond motifs is 1. The first-order valence-corrected chi connectivity index (χ1v) is 11.1. The predicted molar refractivity (Wildman–Crippen MR) is 113 cm³/mol. The molecule has 0 aliphatic carbocycles. The van der Waals surface area contributed by atoms with Crippen LogP contribution in [0.15, 0.2) is 24.3 Å². The van der Waals surface area contributed by atoms with Crippen molar-refractivity contribution in [3.05, 3.63) is 29.1 Å². The molecule has 4 heteroatoms. The monoisotopic (exact) mass is 369 g/mol. The van der Waals surface area contributed by atoms with E-state index in [2.05, 4.69) is 52.9 Å². The lowest BCUT2D eigenvalue weighted by Gasteiger charge is -2.57. The molecule has 1 aromatic carbocycles. The number of piperidine rings is 2. The summed E-state index contributed by atoms with van der Waals surface area (Å²) in [6, 6.07) is 10.2. The van der Waals surface area contributed by atoms with E-state index in [4.69, 9.17) is 0 Å². The summed E-state index contributed by atoms with van der Waals surface area (Å²) in [4.78, 5) is 9.32. The zero-order valence-corrected chi connectivity index (χ0v) is 17.0. The molecule has 4 heterocycles. The van der Waals surface area contributed by atoms with Crippen molar-refractivity contribution in [2.24, 2.45) is 5.41 Å². The second-order valence-electron chi connectivity index (χ2n) is 9.01. The number of thiophene rings is 1. The van der Waals surface area contributed by atoms with Crippen molar-refractivity contribution >= 4 is 27.1 Å². The Morgan fingerprint density at radius 1 is 1.00 bits per heavy atom. The molecule has 1 aromatic heterocycles. The van der Waals surface area contributed by atoms with Crippen LogP contribution in [0, 0.1) is 12.3 Å². The van der Waals surface area contributed by atoms with Crippen molar-refractivity contribution in [1.29, 1.82) is 0 Å². The number of benzene rings is 1. The van der Waals surface area contributed by atoms with E-state index in [0.717, 1.165) is 6.04 Å². The van der Waals surface area contributed by atoms with Crippen LogP contribution in [0.5, 0.6) is 0 Å². The fourth-order valence-electron chi connectivity index (χ4n) is 5.34. The molecule has 3 nitrogen and oxygen atoms in total. The number of nitrogens with zero attached hydrogens (tertiary/aromatic N) is 3. The highest BCUT2D eigenvalue weighted by atomic mass is 32.1. The van der Waals surface area contributed by atoms with Crippen LogP contribution in [-0.4, -0.2) is 62.2 Å². The molecule has 0 atom stereocenters. The minimum Gasteiger partial charge on any atom is -0.371 e. The maximum Gasteiger partial charge on any atom is 0.0380 e. The Morgan fingerprint density at radius 3 is 2.46 bits per heavy atom. The van der Waals surface area contributed by atoms with Gasteiger partial charge in [0.1, 0.15) is 0 Å². The van der Waals surface area contributed by atoms with Crippen molar-refractivity contribution < 1.29 is 0 Å². The summed E-state index contributed by atoms with van der Waals surface area (Å²) < 4.78 is 1.44. The first kappa shape index (κ1) is 17.0. The topological polar surface area (TPSA) is 9.72 Å². The highest BCUT2D eigenvalue weighted by molar-refractivity contribution is 7.19. The maximum absolute atomic E-state index is 2.79. The third-order valence-electron chi connectivity index (χ3n) is 7.10. The maximum atomic E-state index is 2.79. The Balaban J connectivity index is 1.19. The lowest BCUT2D eigenvalue weighted by atomic mass is 9.71. The summed E-state index contributed by atoms with van der Waals surface area (Å²) in [5.41, 5.74) is 2.06. The van der Waals surface area contributed by atoms with Gasteiger partial charge in [0.05, 0.1) is 0 Å². The molecule has 140 valence electrons. The van der Waals surface area contributed by atoms with E-state index in [0.29, 0.717) is 5.41 Å². The van der Waals surface area contributed by atoms with Crippen LogP contribution >= 0.6 is 11.3 Å². The smallest absolute Gasteiger partial charge is 0.0380 e. The molecular formula is C22H31N3S. The second kappa shape index (κ2) is 6.50. The van der Waals surface area contributed by atoms with Gasteiger partial charge >= 0.3 is 0 Å². The number of aryl methyl sites for hydroxylation is 1. The van der Waals surface area contributed by atoms with Gasteiger partial charge in [0.25, 0.3) is 0 Å². The van der Waals surface area contributed by atoms with E-state index in [1.54, 1.807) is 0 Å².